The molecule has 1 amide bonds. The summed E-state index contributed by atoms with van der Waals surface area (Å²) in [4.78, 5) is 21.0. The van der Waals surface area contributed by atoms with Crippen molar-refractivity contribution in [2.75, 3.05) is 44.6 Å². The van der Waals surface area contributed by atoms with E-state index in [1.165, 1.54) is 12.1 Å². The number of piperazine rings is 1. The van der Waals surface area contributed by atoms with Crippen molar-refractivity contribution in [2.45, 2.75) is 13.5 Å². The molecule has 0 bridgehead atoms. The number of aromatic nitrogens is 1. The van der Waals surface area contributed by atoms with Gasteiger partial charge in [-0.05, 0) is 25.1 Å². The first-order valence-corrected chi connectivity index (χ1v) is 9.34. The molecule has 0 radical (unpaired) electrons. The van der Waals surface area contributed by atoms with Crippen LogP contribution in [0.4, 0.5) is 10.1 Å². The maximum absolute atomic E-state index is 13.2. The Morgan fingerprint density at radius 3 is 2.72 bits per heavy atom. The van der Waals surface area contributed by atoms with Crippen LogP contribution in [0.3, 0.4) is 0 Å². The number of carbonyl (C=O) groups is 1. The third-order valence-corrected chi connectivity index (χ3v) is 4.36. The molecule has 3 rings (SSSR count). The molecular formula is C19H26FIN6O2. The van der Waals surface area contributed by atoms with E-state index in [0.29, 0.717) is 18.2 Å². The fourth-order valence-electron chi connectivity index (χ4n) is 3.01. The van der Waals surface area contributed by atoms with E-state index in [-0.39, 0.29) is 36.4 Å². The highest BCUT2D eigenvalue weighted by Gasteiger charge is 2.20. The molecule has 0 spiro atoms. The Morgan fingerprint density at radius 1 is 1.28 bits per heavy atom. The number of hydrogen-bond acceptors (Lipinski definition) is 5. The number of aliphatic imine (C=N–C) groups is 1. The van der Waals surface area contributed by atoms with Gasteiger partial charge in [-0.2, -0.15) is 0 Å². The van der Waals surface area contributed by atoms with Crippen molar-refractivity contribution in [2.24, 2.45) is 4.99 Å². The molecule has 8 nitrogen and oxygen atoms in total. The van der Waals surface area contributed by atoms with Gasteiger partial charge in [-0.25, -0.2) is 9.38 Å². The second kappa shape index (κ2) is 11.7. The standard InChI is InChI=1S/C19H25FN6O2.HI/c1-2-21-19(22-13-18(27)23-16-5-3-4-15(20)12-16)26-9-7-25(8-10-26)14-17-6-11-28-24-17;/h3-6,11-12H,2,7-10,13-14H2,1H3,(H,21,22)(H,23,27);1H. The average Bonchev–Trinajstić information content (AvgIpc) is 3.19. The lowest BCUT2D eigenvalue weighted by Gasteiger charge is -2.36. The number of hydrogen-bond donors (Lipinski definition) is 2. The Labute approximate surface area is 186 Å². The van der Waals surface area contributed by atoms with E-state index in [0.717, 1.165) is 38.4 Å². The molecular weight excluding hydrogens is 490 g/mol. The van der Waals surface area contributed by atoms with E-state index in [1.54, 1.807) is 18.4 Å². The third kappa shape index (κ3) is 7.28. The Kier molecular flexibility index (Phi) is 9.32. The molecule has 29 heavy (non-hydrogen) atoms. The van der Waals surface area contributed by atoms with Gasteiger partial charge in [0.2, 0.25) is 5.91 Å². The first kappa shape index (κ1) is 23.1. The monoisotopic (exact) mass is 516 g/mol. The van der Waals surface area contributed by atoms with Gasteiger partial charge in [0.25, 0.3) is 0 Å². The minimum atomic E-state index is -0.391. The number of amides is 1. The SMILES string of the molecule is CCNC(=NCC(=O)Nc1cccc(F)c1)N1CCN(Cc2ccon2)CC1.I. The quantitative estimate of drug-likeness (QED) is 0.348. The average molecular weight is 516 g/mol. The van der Waals surface area contributed by atoms with Crippen molar-refractivity contribution in [1.29, 1.82) is 0 Å². The number of halogens is 2. The first-order chi connectivity index (χ1) is 13.6. The van der Waals surface area contributed by atoms with Crippen molar-refractivity contribution in [3.63, 3.8) is 0 Å². The lowest BCUT2D eigenvalue weighted by atomic mass is 10.3. The third-order valence-electron chi connectivity index (χ3n) is 4.36. The molecule has 2 heterocycles. The van der Waals surface area contributed by atoms with Gasteiger partial charge < -0.3 is 20.1 Å². The predicted octanol–water partition coefficient (Wildman–Crippen LogP) is 2.15. The Balaban J connectivity index is 0.00000300. The van der Waals surface area contributed by atoms with Crippen LogP contribution in [-0.4, -0.2) is 66.1 Å². The van der Waals surface area contributed by atoms with E-state index in [2.05, 4.69) is 30.6 Å². The minimum Gasteiger partial charge on any atom is -0.364 e. The van der Waals surface area contributed by atoms with Gasteiger partial charge in [-0.3, -0.25) is 9.69 Å². The Morgan fingerprint density at radius 2 is 2.07 bits per heavy atom. The number of nitrogens with one attached hydrogen (secondary N) is 2. The van der Waals surface area contributed by atoms with Crippen LogP contribution in [0.15, 0.2) is 46.1 Å². The smallest absolute Gasteiger partial charge is 0.246 e. The van der Waals surface area contributed by atoms with E-state index < -0.39 is 5.82 Å². The molecule has 1 saturated heterocycles. The zero-order valence-electron chi connectivity index (χ0n) is 16.3. The Hall–Kier alpha value is -2.21. The fraction of sp³-hybridized carbons (Fsp3) is 0.421. The summed E-state index contributed by atoms with van der Waals surface area (Å²) in [6.45, 7) is 6.77. The van der Waals surface area contributed by atoms with Crippen LogP contribution in [0.2, 0.25) is 0 Å². The molecule has 1 aliphatic heterocycles. The number of benzene rings is 1. The Bertz CT molecular complexity index is 794. The summed E-state index contributed by atoms with van der Waals surface area (Å²) in [6.07, 6.45) is 1.58. The van der Waals surface area contributed by atoms with Gasteiger partial charge in [-0.15, -0.1) is 24.0 Å². The molecule has 1 aromatic carbocycles. The summed E-state index contributed by atoms with van der Waals surface area (Å²) >= 11 is 0. The zero-order chi connectivity index (χ0) is 19.8. The maximum Gasteiger partial charge on any atom is 0.246 e. The van der Waals surface area contributed by atoms with Crippen molar-refractivity contribution < 1.29 is 13.7 Å². The predicted molar refractivity (Wildman–Crippen MR) is 120 cm³/mol. The van der Waals surface area contributed by atoms with E-state index in [9.17, 15) is 9.18 Å². The van der Waals surface area contributed by atoms with E-state index >= 15 is 0 Å². The van der Waals surface area contributed by atoms with E-state index in [4.69, 9.17) is 4.52 Å². The molecule has 158 valence electrons. The molecule has 0 atom stereocenters. The molecule has 0 saturated carbocycles. The normalized spacial score (nSPS) is 15.0. The lowest BCUT2D eigenvalue weighted by Crippen LogP contribution is -2.52. The first-order valence-electron chi connectivity index (χ1n) is 9.34. The van der Waals surface area contributed by atoms with Crippen LogP contribution in [0, 0.1) is 5.82 Å². The van der Waals surface area contributed by atoms with E-state index in [1.807, 2.05) is 13.0 Å². The second-order valence-electron chi connectivity index (χ2n) is 6.48. The molecule has 2 N–H and O–H groups in total. The van der Waals surface area contributed by atoms with Gasteiger partial charge in [0.1, 0.15) is 18.6 Å². The molecule has 1 aromatic heterocycles. The number of carbonyl (C=O) groups excluding carboxylic acids is 1. The van der Waals surface area contributed by atoms with Gasteiger partial charge >= 0.3 is 0 Å². The van der Waals surface area contributed by atoms with Crippen molar-refractivity contribution in [3.05, 3.63) is 48.1 Å². The minimum absolute atomic E-state index is 0. The van der Waals surface area contributed by atoms with Gasteiger partial charge in [0.05, 0.1) is 5.69 Å². The fourth-order valence-corrected chi connectivity index (χ4v) is 3.01. The second-order valence-corrected chi connectivity index (χ2v) is 6.48. The van der Waals surface area contributed by atoms with Crippen LogP contribution in [-0.2, 0) is 11.3 Å². The van der Waals surface area contributed by atoms with Crippen LogP contribution >= 0.6 is 24.0 Å². The number of guanidine groups is 1. The summed E-state index contributed by atoms with van der Waals surface area (Å²) in [5.74, 6) is 0.0294. The molecule has 0 aliphatic carbocycles. The zero-order valence-corrected chi connectivity index (χ0v) is 18.6. The summed E-state index contributed by atoms with van der Waals surface area (Å²) in [5, 5.41) is 9.84. The van der Waals surface area contributed by atoms with Gasteiger partial charge in [0, 0.05) is 51.0 Å². The van der Waals surface area contributed by atoms with Crippen molar-refractivity contribution in [1.82, 2.24) is 20.3 Å². The number of rotatable bonds is 6. The topological polar surface area (TPSA) is 86.0 Å². The molecule has 0 unspecified atom stereocenters. The number of anilines is 1. The van der Waals surface area contributed by atoms with Crippen LogP contribution < -0.4 is 10.6 Å². The number of nitrogens with zero attached hydrogens (tertiary/aromatic N) is 4. The highest BCUT2D eigenvalue weighted by Crippen LogP contribution is 2.09. The largest absolute Gasteiger partial charge is 0.364 e. The molecule has 1 aliphatic rings. The van der Waals surface area contributed by atoms with Crippen LogP contribution in [0.1, 0.15) is 12.6 Å². The maximum atomic E-state index is 13.2. The van der Waals surface area contributed by atoms with Crippen molar-refractivity contribution >= 4 is 41.5 Å². The summed E-state index contributed by atoms with van der Waals surface area (Å²) < 4.78 is 18.1. The van der Waals surface area contributed by atoms with Crippen molar-refractivity contribution in [3.8, 4) is 0 Å². The summed E-state index contributed by atoms with van der Waals surface area (Å²) in [7, 11) is 0. The van der Waals surface area contributed by atoms with Gasteiger partial charge in [0.15, 0.2) is 5.96 Å². The summed E-state index contributed by atoms with van der Waals surface area (Å²) in [6, 6.07) is 7.68. The summed E-state index contributed by atoms with van der Waals surface area (Å²) in [5.41, 5.74) is 1.34. The molecule has 1 fully saturated rings. The highest BCUT2D eigenvalue weighted by molar-refractivity contribution is 14.0. The van der Waals surface area contributed by atoms with Crippen LogP contribution in [0.5, 0.6) is 0 Å². The van der Waals surface area contributed by atoms with Crippen LogP contribution in [0.25, 0.3) is 0 Å². The molecule has 10 heteroatoms. The lowest BCUT2D eigenvalue weighted by molar-refractivity contribution is -0.114. The van der Waals surface area contributed by atoms with Gasteiger partial charge in [-0.1, -0.05) is 11.2 Å². The molecule has 2 aromatic rings. The highest BCUT2D eigenvalue weighted by atomic mass is 127.